The molecule has 23 heavy (non-hydrogen) atoms. The first-order valence-electron chi connectivity index (χ1n) is 8.72. The molecule has 0 aliphatic rings. The van der Waals surface area contributed by atoms with Crippen molar-refractivity contribution >= 4 is 17.4 Å². The van der Waals surface area contributed by atoms with Crippen LogP contribution in [0.25, 0.3) is 6.08 Å². The van der Waals surface area contributed by atoms with Crippen molar-refractivity contribution in [3.63, 3.8) is 0 Å². The van der Waals surface area contributed by atoms with Gasteiger partial charge in [0.15, 0.2) is 0 Å². The fraction of sp³-hybridized carbons (Fsp3) is 0.650. The second-order valence-corrected chi connectivity index (χ2v) is 8.08. The van der Waals surface area contributed by atoms with Crippen LogP contribution in [0.1, 0.15) is 64.6 Å². The highest BCUT2D eigenvalue weighted by molar-refractivity contribution is 7.09. The zero-order valence-electron chi connectivity index (χ0n) is 15.6. The van der Waals surface area contributed by atoms with Gasteiger partial charge in [-0.25, -0.2) is 4.98 Å². The first-order valence-corrected chi connectivity index (χ1v) is 9.60. The van der Waals surface area contributed by atoms with E-state index in [1.54, 1.807) is 11.3 Å². The summed E-state index contributed by atoms with van der Waals surface area (Å²) in [6.45, 7) is 13.5. The standard InChI is InChI=1S/C20H33NOS/c1-14(8-7-9-15(2)12-22)10-16(3)18(5)17(4)11-20-13-23-19(6)21-20/h10-11,13,15-16,18,22H,7-9,12H2,1-6H3/b14-10-,17-11+/t15-,16-,18-/m0/s1. The molecule has 1 rings (SSSR count). The average Bonchev–Trinajstić information content (AvgIpc) is 2.90. The van der Waals surface area contributed by atoms with Gasteiger partial charge in [0.1, 0.15) is 0 Å². The molecular weight excluding hydrogens is 302 g/mol. The maximum absolute atomic E-state index is 9.08. The molecule has 130 valence electrons. The fourth-order valence-corrected chi connectivity index (χ4v) is 3.29. The molecule has 0 amide bonds. The van der Waals surface area contributed by atoms with Gasteiger partial charge in [-0.15, -0.1) is 11.3 Å². The minimum absolute atomic E-state index is 0.302. The van der Waals surface area contributed by atoms with Gasteiger partial charge in [0.2, 0.25) is 0 Å². The van der Waals surface area contributed by atoms with Crippen LogP contribution in [0.15, 0.2) is 22.6 Å². The van der Waals surface area contributed by atoms with E-state index in [9.17, 15) is 0 Å². The summed E-state index contributed by atoms with van der Waals surface area (Å²) in [6.07, 6.45) is 8.04. The van der Waals surface area contributed by atoms with Gasteiger partial charge in [-0.1, -0.05) is 38.0 Å². The molecule has 0 radical (unpaired) electrons. The van der Waals surface area contributed by atoms with E-state index in [0.29, 0.717) is 24.4 Å². The highest BCUT2D eigenvalue weighted by Gasteiger charge is 2.12. The lowest BCUT2D eigenvalue weighted by Crippen LogP contribution is -2.07. The zero-order valence-corrected chi connectivity index (χ0v) is 16.4. The van der Waals surface area contributed by atoms with Gasteiger partial charge in [0, 0.05) is 12.0 Å². The first-order chi connectivity index (χ1) is 10.8. The van der Waals surface area contributed by atoms with E-state index in [1.807, 2.05) is 6.92 Å². The van der Waals surface area contributed by atoms with E-state index < -0.39 is 0 Å². The molecule has 0 aromatic carbocycles. The average molecular weight is 336 g/mol. The molecule has 2 nitrogen and oxygen atoms in total. The second kappa shape index (κ2) is 10.0. The Morgan fingerprint density at radius 1 is 1.30 bits per heavy atom. The Balaban J connectivity index is 2.55. The lowest BCUT2D eigenvalue weighted by Gasteiger charge is -2.19. The van der Waals surface area contributed by atoms with Crippen molar-refractivity contribution in [2.45, 2.75) is 60.8 Å². The largest absolute Gasteiger partial charge is 0.396 e. The molecule has 1 N–H and O–H groups in total. The normalized spacial score (nSPS) is 17.2. The van der Waals surface area contributed by atoms with Crippen LogP contribution in [0.4, 0.5) is 0 Å². The molecule has 0 aliphatic heterocycles. The molecule has 1 aromatic rings. The Bertz CT molecular complexity index is 529. The molecule has 1 aromatic heterocycles. The van der Waals surface area contributed by atoms with E-state index in [1.165, 1.54) is 11.1 Å². The molecule has 3 atom stereocenters. The van der Waals surface area contributed by atoms with Crippen LogP contribution in [0, 0.1) is 24.7 Å². The number of aryl methyl sites for hydroxylation is 1. The van der Waals surface area contributed by atoms with Crippen molar-refractivity contribution in [1.29, 1.82) is 0 Å². The summed E-state index contributed by atoms with van der Waals surface area (Å²) in [5.74, 6) is 1.47. The van der Waals surface area contributed by atoms with E-state index >= 15 is 0 Å². The highest BCUT2D eigenvalue weighted by atomic mass is 32.1. The molecule has 0 bridgehead atoms. The third-order valence-electron chi connectivity index (χ3n) is 4.65. The van der Waals surface area contributed by atoms with Gasteiger partial charge in [0.25, 0.3) is 0 Å². The molecule has 0 saturated carbocycles. The predicted molar refractivity (Wildman–Crippen MR) is 103 cm³/mol. The molecule has 3 heteroatoms. The summed E-state index contributed by atoms with van der Waals surface area (Å²) >= 11 is 1.70. The van der Waals surface area contributed by atoms with E-state index in [2.05, 4.69) is 57.1 Å². The van der Waals surface area contributed by atoms with Gasteiger partial charge in [-0.3, -0.25) is 0 Å². The van der Waals surface area contributed by atoms with Gasteiger partial charge >= 0.3 is 0 Å². The van der Waals surface area contributed by atoms with Crippen molar-refractivity contribution in [1.82, 2.24) is 4.98 Å². The van der Waals surface area contributed by atoms with Crippen molar-refractivity contribution in [3.8, 4) is 0 Å². The molecule has 0 spiro atoms. The molecular formula is C20H33NOS. The van der Waals surface area contributed by atoms with Crippen molar-refractivity contribution in [3.05, 3.63) is 33.3 Å². The Morgan fingerprint density at radius 2 is 2.00 bits per heavy atom. The summed E-state index contributed by atoms with van der Waals surface area (Å²) < 4.78 is 0. The lowest BCUT2D eigenvalue weighted by molar-refractivity contribution is 0.228. The number of thiazole rings is 1. The number of aromatic nitrogens is 1. The summed E-state index contributed by atoms with van der Waals surface area (Å²) in [6, 6.07) is 0. The number of aliphatic hydroxyl groups excluding tert-OH is 1. The van der Waals surface area contributed by atoms with Gasteiger partial charge < -0.3 is 5.11 Å². The van der Waals surface area contributed by atoms with Crippen LogP contribution in [-0.2, 0) is 0 Å². The Labute approximate surface area is 146 Å². The fourth-order valence-electron chi connectivity index (χ4n) is 2.72. The van der Waals surface area contributed by atoms with Crippen LogP contribution in [0.2, 0.25) is 0 Å². The molecule has 0 unspecified atom stereocenters. The highest BCUT2D eigenvalue weighted by Crippen LogP contribution is 2.25. The number of hydrogen-bond acceptors (Lipinski definition) is 3. The van der Waals surface area contributed by atoms with Crippen LogP contribution in [0.3, 0.4) is 0 Å². The third kappa shape index (κ3) is 7.45. The summed E-state index contributed by atoms with van der Waals surface area (Å²) in [5, 5.41) is 12.3. The van der Waals surface area contributed by atoms with E-state index in [-0.39, 0.29) is 0 Å². The molecule has 1 heterocycles. The Morgan fingerprint density at radius 3 is 2.57 bits per heavy atom. The van der Waals surface area contributed by atoms with Crippen LogP contribution < -0.4 is 0 Å². The molecule has 0 saturated heterocycles. The van der Waals surface area contributed by atoms with Crippen molar-refractivity contribution in [2.24, 2.45) is 17.8 Å². The SMILES string of the molecule is C/C(=C/[C@H](C)[C@H](C)/C(C)=C/c1csc(C)n1)CCC[C@H](C)CO. The minimum Gasteiger partial charge on any atom is -0.396 e. The minimum atomic E-state index is 0.302. The quantitative estimate of drug-likeness (QED) is 0.572. The number of allylic oxidation sites excluding steroid dienone is 3. The molecule has 0 fully saturated rings. The van der Waals surface area contributed by atoms with Gasteiger partial charge in [-0.05, 0) is 63.9 Å². The zero-order chi connectivity index (χ0) is 17.4. The maximum atomic E-state index is 9.08. The van der Waals surface area contributed by atoms with Crippen molar-refractivity contribution in [2.75, 3.05) is 6.61 Å². The topological polar surface area (TPSA) is 33.1 Å². The smallest absolute Gasteiger partial charge is 0.0901 e. The number of aliphatic hydroxyl groups is 1. The van der Waals surface area contributed by atoms with Crippen LogP contribution in [0.5, 0.6) is 0 Å². The third-order valence-corrected chi connectivity index (χ3v) is 5.44. The van der Waals surface area contributed by atoms with Crippen LogP contribution in [-0.4, -0.2) is 16.7 Å². The lowest BCUT2D eigenvalue weighted by atomic mass is 9.87. The number of hydrogen-bond donors (Lipinski definition) is 1. The van der Waals surface area contributed by atoms with E-state index in [4.69, 9.17) is 5.11 Å². The van der Waals surface area contributed by atoms with Crippen LogP contribution >= 0.6 is 11.3 Å². The number of rotatable bonds is 9. The predicted octanol–water partition coefficient (Wildman–Crippen LogP) is 5.87. The van der Waals surface area contributed by atoms with Gasteiger partial charge in [0.05, 0.1) is 10.7 Å². The van der Waals surface area contributed by atoms with Gasteiger partial charge in [-0.2, -0.15) is 0 Å². The monoisotopic (exact) mass is 335 g/mol. The Kier molecular flexibility index (Phi) is 8.78. The van der Waals surface area contributed by atoms with Crippen molar-refractivity contribution < 1.29 is 5.11 Å². The summed E-state index contributed by atoms with van der Waals surface area (Å²) in [4.78, 5) is 4.52. The molecule has 0 aliphatic carbocycles. The second-order valence-electron chi connectivity index (χ2n) is 7.02. The van der Waals surface area contributed by atoms with E-state index in [0.717, 1.165) is 30.0 Å². The Hall–Kier alpha value is -0.930. The first kappa shape index (κ1) is 20.1. The summed E-state index contributed by atoms with van der Waals surface area (Å²) in [7, 11) is 0. The number of nitrogens with zero attached hydrogens (tertiary/aromatic N) is 1. The summed E-state index contributed by atoms with van der Waals surface area (Å²) in [5.41, 5.74) is 3.94. The maximum Gasteiger partial charge on any atom is 0.0901 e.